The third-order valence-corrected chi connectivity index (χ3v) is 2.65. The van der Waals surface area contributed by atoms with Crippen LogP contribution >= 0.6 is 0 Å². The van der Waals surface area contributed by atoms with E-state index in [4.69, 9.17) is 4.74 Å². The lowest BCUT2D eigenvalue weighted by Gasteiger charge is -2.17. The largest absolute Gasteiger partial charge is 0.382 e. The molecule has 0 heterocycles. The van der Waals surface area contributed by atoms with Crippen LogP contribution in [0, 0.1) is 0 Å². The van der Waals surface area contributed by atoms with E-state index in [0.717, 1.165) is 32.2 Å². The van der Waals surface area contributed by atoms with Crippen molar-refractivity contribution >= 4 is 0 Å². The van der Waals surface area contributed by atoms with E-state index in [-0.39, 0.29) is 0 Å². The number of nitrogens with one attached hydrogen (secondary N) is 1. The molecule has 0 saturated carbocycles. The molecule has 0 saturated heterocycles. The highest BCUT2D eigenvalue weighted by Crippen LogP contribution is 2.06. The van der Waals surface area contributed by atoms with E-state index in [2.05, 4.69) is 26.1 Å². The van der Waals surface area contributed by atoms with Crippen molar-refractivity contribution in [2.45, 2.75) is 65.3 Å². The minimum absolute atomic E-state index is 0.733. The minimum atomic E-state index is 0.733. The monoisotopic (exact) mass is 215 g/mol. The Morgan fingerprint density at radius 1 is 1.00 bits per heavy atom. The lowest BCUT2D eigenvalue weighted by molar-refractivity contribution is 0.144. The molecule has 2 heteroatoms. The summed E-state index contributed by atoms with van der Waals surface area (Å²) in [4.78, 5) is 0. The van der Waals surface area contributed by atoms with Crippen molar-refractivity contribution in [1.29, 1.82) is 0 Å². The summed E-state index contributed by atoms with van der Waals surface area (Å²) in [6.45, 7) is 9.42. The first kappa shape index (κ1) is 14.9. The summed E-state index contributed by atoms with van der Waals surface area (Å²) in [5.41, 5.74) is 0. The molecule has 1 unspecified atom stereocenters. The van der Waals surface area contributed by atoms with E-state index >= 15 is 0 Å². The van der Waals surface area contributed by atoms with Gasteiger partial charge in [-0.15, -0.1) is 0 Å². The zero-order chi connectivity index (χ0) is 11.4. The van der Waals surface area contributed by atoms with E-state index in [1.807, 2.05) is 0 Å². The Bertz CT molecular complexity index is 117. The summed E-state index contributed by atoms with van der Waals surface area (Å²) in [5.74, 6) is 0. The molecule has 0 aliphatic carbocycles. The second kappa shape index (κ2) is 12.0. The van der Waals surface area contributed by atoms with Gasteiger partial charge in [0.1, 0.15) is 0 Å². The SMILES string of the molecule is CCCCC(CCC)NCCCOCC. The Kier molecular flexibility index (Phi) is 11.9. The first-order valence-electron chi connectivity index (χ1n) is 6.66. The Morgan fingerprint density at radius 2 is 1.80 bits per heavy atom. The first-order valence-corrected chi connectivity index (χ1v) is 6.66. The Hall–Kier alpha value is -0.0800. The molecule has 0 amide bonds. The van der Waals surface area contributed by atoms with E-state index < -0.39 is 0 Å². The lowest BCUT2D eigenvalue weighted by atomic mass is 10.1. The quantitative estimate of drug-likeness (QED) is 0.534. The lowest BCUT2D eigenvalue weighted by Crippen LogP contribution is -2.30. The molecule has 0 fully saturated rings. The van der Waals surface area contributed by atoms with Crippen molar-refractivity contribution in [1.82, 2.24) is 5.32 Å². The molecule has 1 N–H and O–H groups in total. The molecule has 0 aliphatic rings. The predicted molar refractivity (Wildman–Crippen MR) is 67.3 cm³/mol. The molecular formula is C13H29NO. The van der Waals surface area contributed by atoms with Gasteiger partial charge in [-0.25, -0.2) is 0 Å². The van der Waals surface area contributed by atoms with Crippen LogP contribution in [0.5, 0.6) is 0 Å². The maximum atomic E-state index is 5.32. The summed E-state index contributed by atoms with van der Waals surface area (Å²) >= 11 is 0. The van der Waals surface area contributed by atoms with Gasteiger partial charge in [0.15, 0.2) is 0 Å². The van der Waals surface area contributed by atoms with Crippen LogP contribution in [0.15, 0.2) is 0 Å². The van der Waals surface area contributed by atoms with Crippen molar-refractivity contribution in [2.24, 2.45) is 0 Å². The summed E-state index contributed by atoms with van der Waals surface area (Å²) in [5, 5.41) is 3.63. The second-order valence-corrected chi connectivity index (χ2v) is 4.13. The highest BCUT2D eigenvalue weighted by Gasteiger charge is 2.05. The third kappa shape index (κ3) is 10.2. The van der Waals surface area contributed by atoms with Crippen molar-refractivity contribution < 1.29 is 4.74 Å². The Balaban J connectivity index is 3.38. The normalized spacial score (nSPS) is 13.0. The molecule has 92 valence electrons. The topological polar surface area (TPSA) is 21.3 Å². The van der Waals surface area contributed by atoms with E-state index in [1.165, 1.54) is 32.1 Å². The van der Waals surface area contributed by atoms with Gasteiger partial charge >= 0.3 is 0 Å². The van der Waals surface area contributed by atoms with Gasteiger partial charge in [-0.3, -0.25) is 0 Å². The number of hydrogen-bond acceptors (Lipinski definition) is 2. The van der Waals surface area contributed by atoms with Crippen molar-refractivity contribution in [2.75, 3.05) is 19.8 Å². The van der Waals surface area contributed by atoms with Gasteiger partial charge in [0.05, 0.1) is 0 Å². The van der Waals surface area contributed by atoms with Gasteiger partial charge in [-0.05, 0) is 32.7 Å². The summed E-state index contributed by atoms with van der Waals surface area (Å²) < 4.78 is 5.32. The van der Waals surface area contributed by atoms with Crippen LogP contribution in [0.4, 0.5) is 0 Å². The molecule has 0 rings (SSSR count). The van der Waals surface area contributed by atoms with E-state index in [9.17, 15) is 0 Å². The van der Waals surface area contributed by atoms with Crippen LogP contribution in [0.25, 0.3) is 0 Å². The number of unbranched alkanes of at least 4 members (excludes halogenated alkanes) is 1. The summed E-state index contributed by atoms with van der Waals surface area (Å²) in [7, 11) is 0. The zero-order valence-electron chi connectivity index (χ0n) is 10.8. The van der Waals surface area contributed by atoms with E-state index in [1.54, 1.807) is 0 Å². The number of hydrogen-bond donors (Lipinski definition) is 1. The Labute approximate surface area is 95.8 Å². The number of ether oxygens (including phenoxy) is 1. The zero-order valence-corrected chi connectivity index (χ0v) is 10.8. The molecular weight excluding hydrogens is 186 g/mol. The van der Waals surface area contributed by atoms with Gasteiger partial charge in [-0.1, -0.05) is 33.1 Å². The first-order chi connectivity index (χ1) is 7.35. The molecule has 1 atom stereocenters. The molecule has 0 aromatic rings. The maximum Gasteiger partial charge on any atom is 0.0477 e. The summed E-state index contributed by atoms with van der Waals surface area (Å²) in [6, 6.07) is 0.733. The van der Waals surface area contributed by atoms with Gasteiger partial charge < -0.3 is 10.1 Å². The van der Waals surface area contributed by atoms with Crippen LogP contribution in [0.1, 0.15) is 59.3 Å². The molecule has 0 radical (unpaired) electrons. The summed E-state index contributed by atoms with van der Waals surface area (Å²) in [6.07, 6.45) is 7.73. The van der Waals surface area contributed by atoms with E-state index in [0.29, 0.717) is 0 Å². The smallest absolute Gasteiger partial charge is 0.0477 e. The van der Waals surface area contributed by atoms with Crippen molar-refractivity contribution in [3.8, 4) is 0 Å². The molecule has 0 aromatic heterocycles. The van der Waals surface area contributed by atoms with Crippen LogP contribution < -0.4 is 5.32 Å². The van der Waals surface area contributed by atoms with Crippen molar-refractivity contribution in [3.05, 3.63) is 0 Å². The minimum Gasteiger partial charge on any atom is -0.382 e. The fraction of sp³-hybridized carbons (Fsp3) is 1.00. The van der Waals surface area contributed by atoms with Crippen molar-refractivity contribution in [3.63, 3.8) is 0 Å². The van der Waals surface area contributed by atoms with Crippen LogP contribution in [0.3, 0.4) is 0 Å². The average Bonchev–Trinajstić information content (AvgIpc) is 2.25. The van der Waals surface area contributed by atoms with Gasteiger partial charge in [0.25, 0.3) is 0 Å². The second-order valence-electron chi connectivity index (χ2n) is 4.13. The van der Waals surface area contributed by atoms with Gasteiger partial charge in [-0.2, -0.15) is 0 Å². The predicted octanol–water partition coefficient (Wildman–Crippen LogP) is 3.36. The molecule has 2 nitrogen and oxygen atoms in total. The highest BCUT2D eigenvalue weighted by atomic mass is 16.5. The third-order valence-electron chi connectivity index (χ3n) is 2.65. The van der Waals surface area contributed by atoms with Crippen LogP contribution in [-0.2, 0) is 4.74 Å². The number of rotatable bonds is 11. The molecule has 0 aliphatic heterocycles. The van der Waals surface area contributed by atoms with Crippen LogP contribution in [0.2, 0.25) is 0 Å². The molecule has 15 heavy (non-hydrogen) atoms. The standard InChI is InChI=1S/C13H29NO/c1-4-7-10-13(9-5-2)14-11-8-12-15-6-3/h13-14H,4-12H2,1-3H3. The molecule has 0 aromatic carbocycles. The highest BCUT2D eigenvalue weighted by molar-refractivity contribution is 4.65. The maximum absolute atomic E-state index is 5.32. The Morgan fingerprint density at radius 3 is 2.40 bits per heavy atom. The van der Waals surface area contributed by atoms with Gasteiger partial charge in [0.2, 0.25) is 0 Å². The molecule has 0 spiro atoms. The van der Waals surface area contributed by atoms with Gasteiger partial charge in [0, 0.05) is 19.3 Å². The van der Waals surface area contributed by atoms with Crippen LogP contribution in [-0.4, -0.2) is 25.8 Å². The average molecular weight is 215 g/mol. The molecule has 0 bridgehead atoms. The fourth-order valence-corrected chi connectivity index (χ4v) is 1.77. The fourth-order valence-electron chi connectivity index (χ4n) is 1.77.